The van der Waals surface area contributed by atoms with Crippen LogP contribution in [0.5, 0.6) is 0 Å². The summed E-state index contributed by atoms with van der Waals surface area (Å²) in [7, 11) is 0. The van der Waals surface area contributed by atoms with Crippen molar-refractivity contribution in [2.45, 2.75) is 6.92 Å². The maximum absolute atomic E-state index is 12.7. The number of carbonyl (C=O) groups excluding carboxylic acids is 3. The van der Waals surface area contributed by atoms with Crippen LogP contribution in [0.1, 0.15) is 11.1 Å². The normalized spacial score (nSPS) is 14.6. The van der Waals surface area contributed by atoms with Gasteiger partial charge < -0.3 is 10.6 Å². The maximum atomic E-state index is 12.7. The minimum Gasteiger partial charge on any atom is -0.325 e. The predicted molar refractivity (Wildman–Crippen MR) is 125 cm³/mol. The minimum atomic E-state index is -0.637. The molecule has 0 aromatic heterocycles. The number of urea groups is 1. The molecule has 6 nitrogen and oxygen atoms in total. The highest BCUT2D eigenvalue weighted by molar-refractivity contribution is 6.30. The van der Waals surface area contributed by atoms with Gasteiger partial charge in [-0.1, -0.05) is 59.6 Å². The van der Waals surface area contributed by atoms with Crippen LogP contribution in [0.2, 0.25) is 5.02 Å². The third kappa shape index (κ3) is 4.87. The van der Waals surface area contributed by atoms with Gasteiger partial charge in [0.15, 0.2) is 0 Å². The van der Waals surface area contributed by atoms with E-state index in [4.69, 9.17) is 11.6 Å². The number of nitrogens with zero attached hydrogens (tertiary/aromatic N) is 1. The van der Waals surface area contributed by atoms with E-state index in [-0.39, 0.29) is 5.70 Å². The highest BCUT2D eigenvalue weighted by Gasteiger charge is 2.34. The van der Waals surface area contributed by atoms with Crippen LogP contribution < -0.4 is 10.6 Å². The van der Waals surface area contributed by atoms with Gasteiger partial charge in [-0.05, 0) is 60.0 Å². The van der Waals surface area contributed by atoms with Crippen LogP contribution in [-0.4, -0.2) is 29.3 Å². The number of halogens is 1. The summed E-state index contributed by atoms with van der Waals surface area (Å²) in [6.45, 7) is 1.63. The Morgan fingerprint density at radius 1 is 1.00 bits per heavy atom. The molecule has 0 bridgehead atoms. The second kappa shape index (κ2) is 9.08. The molecule has 1 aliphatic heterocycles. The number of anilines is 1. The molecule has 2 N–H and O–H groups in total. The molecule has 1 saturated heterocycles. The molecule has 3 aromatic rings. The minimum absolute atomic E-state index is 0.121. The first-order valence-corrected chi connectivity index (χ1v) is 10.3. The van der Waals surface area contributed by atoms with Gasteiger partial charge in [0, 0.05) is 10.7 Å². The van der Waals surface area contributed by atoms with Crippen molar-refractivity contribution in [3.63, 3.8) is 0 Å². The van der Waals surface area contributed by atoms with Gasteiger partial charge in [0.2, 0.25) is 5.91 Å². The lowest BCUT2D eigenvalue weighted by Crippen LogP contribution is -2.38. The molecule has 4 rings (SSSR count). The molecular weight excluding hydrogens is 426 g/mol. The number of aryl methyl sites for hydroxylation is 1. The van der Waals surface area contributed by atoms with E-state index in [2.05, 4.69) is 10.6 Å². The lowest BCUT2D eigenvalue weighted by atomic mass is 10.0. The highest BCUT2D eigenvalue weighted by Crippen LogP contribution is 2.23. The Morgan fingerprint density at radius 3 is 2.44 bits per heavy atom. The molecule has 1 heterocycles. The van der Waals surface area contributed by atoms with Crippen molar-refractivity contribution in [3.8, 4) is 11.1 Å². The number of hydrogen-bond donors (Lipinski definition) is 2. The Bertz CT molecular complexity index is 1220. The Labute approximate surface area is 190 Å². The first kappa shape index (κ1) is 21.3. The summed E-state index contributed by atoms with van der Waals surface area (Å²) in [5.41, 5.74) is 4.63. The molecule has 0 saturated carbocycles. The summed E-state index contributed by atoms with van der Waals surface area (Å²) < 4.78 is 0. The van der Waals surface area contributed by atoms with E-state index in [1.165, 1.54) is 5.56 Å². The van der Waals surface area contributed by atoms with Crippen LogP contribution in [0.4, 0.5) is 10.5 Å². The molecule has 3 aromatic carbocycles. The molecule has 0 spiro atoms. The van der Waals surface area contributed by atoms with Gasteiger partial charge in [-0.3, -0.25) is 9.59 Å². The number of carbonyl (C=O) groups is 3. The molecule has 1 aliphatic rings. The SMILES string of the molecule is Cc1ccc(-c2cccc(/C=C3\NC(=O)N(CC(=O)Nc4ccc(Cl)cc4)C3=O)c2)cc1. The average molecular weight is 446 g/mol. The molecule has 0 radical (unpaired) electrons. The zero-order valence-corrected chi connectivity index (χ0v) is 18.0. The van der Waals surface area contributed by atoms with Gasteiger partial charge in [0.05, 0.1) is 0 Å². The molecule has 4 amide bonds. The molecule has 32 heavy (non-hydrogen) atoms. The number of hydrogen-bond acceptors (Lipinski definition) is 3. The fourth-order valence-corrected chi connectivity index (χ4v) is 3.44. The summed E-state index contributed by atoms with van der Waals surface area (Å²) >= 11 is 5.83. The van der Waals surface area contributed by atoms with E-state index in [0.29, 0.717) is 10.7 Å². The van der Waals surface area contributed by atoms with Crippen LogP contribution in [0.3, 0.4) is 0 Å². The third-order valence-corrected chi connectivity index (χ3v) is 5.23. The Kier molecular flexibility index (Phi) is 6.05. The number of benzene rings is 3. The molecule has 0 unspecified atom stereocenters. The van der Waals surface area contributed by atoms with Crippen LogP contribution in [-0.2, 0) is 9.59 Å². The molecular formula is C25H20ClN3O3. The van der Waals surface area contributed by atoms with Crippen LogP contribution >= 0.6 is 11.6 Å². The smallest absolute Gasteiger partial charge is 0.325 e. The summed E-state index contributed by atoms with van der Waals surface area (Å²) in [6, 6.07) is 21.7. The topological polar surface area (TPSA) is 78.5 Å². The summed E-state index contributed by atoms with van der Waals surface area (Å²) in [5.74, 6) is -1.04. The maximum Gasteiger partial charge on any atom is 0.329 e. The first-order chi connectivity index (χ1) is 15.4. The lowest BCUT2D eigenvalue weighted by Gasteiger charge is -2.12. The van der Waals surface area contributed by atoms with E-state index < -0.39 is 24.4 Å². The molecule has 1 fully saturated rings. The van der Waals surface area contributed by atoms with Crippen LogP contribution in [0, 0.1) is 6.92 Å². The Morgan fingerprint density at radius 2 is 1.72 bits per heavy atom. The van der Waals surface area contributed by atoms with Crippen molar-refractivity contribution < 1.29 is 14.4 Å². The monoisotopic (exact) mass is 445 g/mol. The van der Waals surface area contributed by atoms with Crippen molar-refractivity contribution in [1.82, 2.24) is 10.2 Å². The molecule has 0 aliphatic carbocycles. The fraction of sp³-hybridized carbons (Fsp3) is 0.0800. The Balaban J connectivity index is 1.47. The zero-order valence-electron chi connectivity index (χ0n) is 17.3. The summed E-state index contributed by atoms with van der Waals surface area (Å²) in [6.07, 6.45) is 1.61. The van der Waals surface area contributed by atoms with Gasteiger partial charge in [-0.15, -0.1) is 0 Å². The number of amides is 4. The van der Waals surface area contributed by atoms with Crippen molar-refractivity contribution in [2.24, 2.45) is 0 Å². The number of nitrogens with one attached hydrogen (secondary N) is 2. The van der Waals surface area contributed by atoms with Gasteiger partial charge >= 0.3 is 6.03 Å². The summed E-state index contributed by atoms with van der Waals surface area (Å²) in [4.78, 5) is 38.2. The number of imide groups is 1. The average Bonchev–Trinajstić information content (AvgIpc) is 3.03. The first-order valence-electron chi connectivity index (χ1n) is 9.96. The quantitative estimate of drug-likeness (QED) is 0.435. The predicted octanol–water partition coefficient (Wildman–Crippen LogP) is 4.85. The second-order valence-corrected chi connectivity index (χ2v) is 7.86. The van der Waals surface area contributed by atoms with E-state index >= 15 is 0 Å². The highest BCUT2D eigenvalue weighted by atomic mass is 35.5. The van der Waals surface area contributed by atoms with E-state index in [1.54, 1.807) is 30.3 Å². The Hall–Kier alpha value is -3.90. The van der Waals surface area contributed by atoms with E-state index in [9.17, 15) is 14.4 Å². The van der Waals surface area contributed by atoms with Gasteiger partial charge in [0.25, 0.3) is 5.91 Å². The van der Waals surface area contributed by atoms with Gasteiger partial charge in [0.1, 0.15) is 12.2 Å². The van der Waals surface area contributed by atoms with E-state index in [0.717, 1.165) is 21.6 Å². The standard InChI is InChI=1S/C25H20ClN3O3/c1-16-5-7-18(8-6-16)19-4-2-3-17(13-19)14-22-24(31)29(25(32)28-22)15-23(30)27-21-11-9-20(26)10-12-21/h2-14H,15H2,1H3,(H,27,30)(H,28,32)/b22-14-. The number of rotatable bonds is 5. The molecule has 7 heteroatoms. The lowest BCUT2D eigenvalue weighted by molar-refractivity contribution is -0.127. The fourth-order valence-electron chi connectivity index (χ4n) is 3.31. The molecule has 0 atom stereocenters. The van der Waals surface area contributed by atoms with Crippen molar-refractivity contribution in [3.05, 3.63) is 94.6 Å². The van der Waals surface area contributed by atoms with Crippen LogP contribution in [0.15, 0.2) is 78.5 Å². The second-order valence-electron chi connectivity index (χ2n) is 7.43. The van der Waals surface area contributed by atoms with Crippen molar-refractivity contribution in [2.75, 3.05) is 11.9 Å². The van der Waals surface area contributed by atoms with E-state index in [1.807, 2.05) is 55.5 Å². The molecule has 160 valence electrons. The largest absolute Gasteiger partial charge is 0.329 e. The van der Waals surface area contributed by atoms with Gasteiger partial charge in [-0.2, -0.15) is 0 Å². The van der Waals surface area contributed by atoms with Gasteiger partial charge in [-0.25, -0.2) is 9.69 Å². The van der Waals surface area contributed by atoms with Crippen LogP contribution in [0.25, 0.3) is 17.2 Å². The zero-order chi connectivity index (χ0) is 22.7. The summed E-state index contributed by atoms with van der Waals surface area (Å²) in [5, 5.41) is 5.73. The van der Waals surface area contributed by atoms with Crippen molar-refractivity contribution in [1.29, 1.82) is 0 Å². The van der Waals surface area contributed by atoms with Crippen molar-refractivity contribution >= 4 is 41.2 Å². The third-order valence-electron chi connectivity index (χ3n) is 4.97.